The SMILES string of the molecule is Cc1ccccc1C(=O)N1CCC2(CC1)NC(=O)c1ccc(Cl)cc1N2. The number of hydrogen-bond donors (Lipinski definition) is 2. The van der Waals surface area contributed by atoms with E-state index in [-0.39, 0.29) is 11.8 Å². The first-order valence-corrected chi connectivity index (χ1v) is 9.10. The van der Waals surface area contributed by atoms with Crippen molar-refractivity contribution < 1.29 is 9.59 Å². The summed E-state index contributed by atoms with van der Waals surface area (Å²) >= 11 is 6.07. The summed E-state index contributed by atoms with van der Waals surface area (Å²) in [5, 5.41) is 7.12. The lowest BCUT2D eigenvalue weighted by Gasteiger charge is -2.46. The van der Waals surface area contributed by atoms with E-state index in [9.17, 15) is 9.59 Å². The molecule has 0 unspecified atom stereocenters. The molecule has 0 radical (unpaired) electrons. The summed E-state index contributed by atoms with van der Waals surface area (Å²) in [6.45, 7) is 3.11. The molecule has 0 aromatic heterocycles. The van der Waals surface area contributed by atoms with Crippen LogP contribution in [0.4, 0.5) is 5.69 Å². The molecule has 0 aliphatic carbocycles. The van der Waals surface area contributed by atoms with Crippen molar-refractivity contribution in [3.05, 3.63) is 64.2 Å². The van der Waals surface area contributed by atoms with Crippen molar-refractivity contribution >= 4 is 29.1 Å². The van der Waals surface area contributed by atoms with Crippen LogP contribution in [-0.4, -0.2) is 35.5 Å². The van der Waals surface area contributed by atoms with Crippen LogP contribution >= 0.6 is 11.6 Å². The van der Waals surface area contributed by atoms with Crippen LogP contribution in [0.15, 0.2) is 42.5 Å². The molecule has 4 rings (SSSR count). The van der Waals surface area contributed by atoms with Gasteiger partial charge < -0.3 is 15.5 Å². The van der Waals surface area contributed by atoms with Gasteiger partial charge in [-0.15, -0.1) is 0 Å². The quantitative estimate of drug-likeness (QED) is 0.809. The van der Waals surface area contributed by atoms with Crippen molar-refractivity contribution in [2.24, 2.45) is 0 Å². The molecule has 2 heterocycles. The van der Waals surface area contributed by atoms with E-state index in [4.69, 9.17) is 11.6 Å². The monoisotopic (exact) mass is 369 g/mol. The van der Waals surface area contributed by atoms with Gasteiger partial charge in [0.25, 0.3) is 11.8 Å². The van der Waals surface area contributed by atoms with Gasteiger partial charge >= 0.3 is 0 Å². The van der Waals surface area contributed by atoms with Gasteiger partial charge in [-0.05, 0) is 36.8 Å². The van der Waals surface area contributed by atoms with Gasteiger partial charge in [0.2, 0.25) is 0 Å². The number of nitrogens with one attached hydrogen (secondary N) is 2. The van der Waals surface area contributed by atoms with Crippen molar-refractivity contribution in [2.75, 3.05) is 18.4 Å². The second kappa shape index (κ2) is 6.32. The third-order valence-electron chi connectivity index (χ3n) is 5.23. The van der Waals surface area contributed by atoms with Crippen LogP contribution < -0.4 is 10.6 Å². The Hall–Kier alpha value is -2.53. The molecular weight excluding hydrogens is 350 g/mol. The summed E-state index contributed by atoms with van der Waals surface area (Å²) in [5.41, 5.74) is 2.53. The smallest absolute Gasteiger partial charge is 0.255 e. The van der Waals surface area contributed by atoms with Crippen LogP contribution in [0.25, 0.3) is 0 Å². The summed E-state index contributed by atoms with van der Waals surface area (Å²) in [5.74, 6) is -0.0578. The number of anilines is 1. The molecule has 1 spiro atoms. The van der Waals surface area contributed by atoms with Crippen molar-refractivity contribution in [3.8, 4) is 0 Å². The van der Waals surface area contributed by atoms with Crippen LogP contribution in [0, 0.1) is 6.92 Å². The Kier molecular flexibility index (Phi) is 4.11. The molecule has 0 atom stereocenters. The van der Waals surface area contributed by atoms with Gasteiger partial charge in [-0.2, -0.15) is 0 Å². The number of carbonyl (C=O) groups excluding carboxylic acids is 2. The van der Waals surface area contributed by atoms with E-state index < -0.39 is 5.66 Å². The minimum absolute atomic E-state index is 0.0449. The van der Waals surface area contributed by atoms with E-state index in [1.807, 2.05) is 36.1 Å². The molecular formula is C20H20ClN3O2. The first-order chi connectivity index (χ1) is 12.5. The zero-order chi connectivity index (χ0) is 18.3. The van der Waals surface area contributed by atoms with Gasteiger partial charge in [-0.25, -0.2) is 0 Å². The topological polar surface area (TPSA) is 61.4 Å². The van der Waals surface area contributed by atoms with Crippen molar-refractivity contribution in [1.82, 2.24) is 10.2 Å². The van der Waals surface area contributed by atoms with Gasteiger partial charge in [0.05, 0.1) is 11.3 Å². The van der Waals surface area contributed by atoms with Crippen LogP contribution in [0.1, 0.15) is 39.1 Å². The molecule has 26 heavy (non-hydrogen) atoms. The fourth-order valence-corrected chi connectivity index (χ4v) is 3.89. The first-order valence-electron chi connectivity index (χ1n) is 8.73. The van der Waals surface area contributed by atoms with Gasteiger partial charge in [-0.1, -0.05) is 29.8 Å². The molecule has 5 nitrogen and oxygen atoms in total. The highest BCUT2D eigenvalue weighted by Crippen LogP contribution is 2.33. The fourth-order valence-electron chi connectivity index (χ4n) is 3.72. The third-order valence-corrected chi connectivity index (χ3v) is 5.47. The summed E-state index contributed by atoms with van der Waals surface area (Å²) in [6.07, 6.45) is 1.28. The summed E-state index contributed by atoms with van der Waals surface area (Å²) in [7, 11) is 0. The van der Waals surface area contributed by atoms with Crippen LogP contribution in [0.2, 0.25) is 5.02 Å². The molecule has 2 N–H and O–H groups in total. The maximum absolute atomic E-state index is 12.8. The van der Waals surface area contributed by atoms with Crippen LogP contribution in [0.3, 0.4) is 0 Å². The standard InChI is InChI=1S/C20H20ClN3O2/c1-13-4-2-3-5-15(13)19(26)24-10-8-20(9-11-24)22-17-12-14(21)6-7-16(17)18(25)23-20/h2-7,12,22H,8-11H2,1H3,(H,23,25). The molecule has 2 aliphatic rings. The van der Waals surface area contributed by atoms with Crippen molar-refractivity contribution in [2.45, 2.75) is 25.4 Å². The Labute approximate surface area is 157 Å². The highest BCUT2D eigenvalue weighted by atomic mass is 35.5. The maximum atomic E-state index is 12.8. The Morgan fingerprint density at radius 3 is 2.58 bits per heavy atom. The number of nitrogens with zero attached hydrogens (tertiary/aromatic N) is 1. The number of likely N-dealkylation sites (tertiary alicyclic amines) is 1. The predicted molar refractivity (Wildman–Crippen MR) is 102 cm³/mol. The van der Waals surface area contributed by atoms with E-state index in [0.717, 1.165) is 16.8 Å². The molecule has 1 fully saturated rings. The van der Waals surface area contributed by atoms with E-state index in [1.165, 1.54) is 0 Å². The molecule has 0 bridgehead atoms. The van der Waals surface area contributed by atoms with E-state index in [0.29, 0.717) is 36.5 Å². The number of halogens is 1. The van der Waals surface area contributed by atoms with Gasteiger partial charge in [0.15, 0.2) is 0 Å². The van der Waals surface area contributed by atoms with Gasteiger partial charge in [0.1, 0.15) is 5.66 Å². The van der Waals surface area contributed by atoms with Crippen molar-refractivity contribution in [3.63, 3.8) is 0 Å². The minimum atomic E-state index is -0.530. The van der Waals surface area contributed by atoms with Crippen LogP contribution in [-0.2, 0) is 0 Å². The third kappa shape index (κ3) is 2.92. The second-order valence-corrected chi connectivity index (χ2v) is 7.39. The minimum Gasteiger partial charge on any atom is -0.362 e. The van der Waals surface area contributed by atoms with Crippen molar-refractivity contribution in [1.29, 1.82) is 0 Å². The molecule has 2 aromatic carbocycles. The maximum Gasteiger partial charge on any atom is 0.255 e. The zero-order valence-electron chi connectivity index (χ0n) is 14.5. The Bertz CT molecular complexity index is 888. The molecule has 6 heteroatoms. The number of benzene rings is 2. The zero-order valence-corrected chi connectivity index (χ0v) is 15.3. The fraction of sp³-hybridized carbons (Fsp3) is 0.300. The Balaban J connectivity index is 1.51. The molecule has 2 aromatic rings. The lowest BCUT2D eigenvalue weighted by Crippen LogP contribution is -2.62. The number of amides is 2. The molecule has 0 saturated carbocycles. The molecule has 134 valence electrons. The van der Waals surface area contributed by atoms with E-state index >= 15 is 0 Å². The summed E-state index contributed by atoms with van der Waals surface area (Å²) in [4.78, 5) is 27.1. The highest BCUT2D eigenvalue weighted by molar-refractivity contribution is 6.31. The Morgan fingerprint density at radius 1 is 1.12 bits per heavy atom. The number of hydrogen-bond acceptors (Lipinski definition) is 3. The van der Waals surface area contributed by atoms with E-state index in [2.05, 4.69) is 10.6 Å². The highest BCUT2D eigenvalue weighted by Gasteiger charge is 2.41. The van der Waals surface area contributed by atoms with Gasteiger partial charge in [0, 0.05) is 36.5 Å². The number of piperidine rings is 1. The number of fused-ring (bicyclic) bond motifs is 1. The Morgan fingerprint density at radius 2 is 1.85 bits per heavy atom. The number of rotatable bonds is 1. The summed E-state index contributed by atoms with van der Waals surface area (Å²) in [6, 6.07) is 12.8. The summed E-state index contributed by atoms with van der Waals surface area (Å²) < 4.78 is 0. The molecule has 1 saturated heterocycles. The largest absolute Gasteiger partial charge is 0.362 e. The number of carbonyl (C=O) groups is 2. The lowest BCUT2D eigenvalue weighted by molar-refractivity contribution is 0.0639. The normalized spacial score (nSPS) is 18.1. The predicted octanol–water partition coefficient (Wildman–Crippen LogP) is 3.44. The number of aryl methyl sites for hydroxylation is 1. The average Bonchev–Trinajstić information content (AvgIpc) is 2.62. The molecule has 2 amide bonds. The molecule has 2 aliphatic heterocycles. The average molecular weight is 370 g/mol. The lowest BCUT2D eigenvalue weighted by atomic mass is 9.92. The second-order valence-electron chi connectivity index (χ2n) is 6.96. The first kappa shape index (κ1) is 16.9. The van der Waals surface area contributed by atoms with E-state index in [1.54, 1.807) is 18.2 Å². The van der Waals surface area contributed by atoms with Crippen LogP contribution in [0.5, 0.6) is 0 Å². The van der Waals surface area contributed by atoms with Gasteiger partial charge in [-0.3, -0.25) is 9.59 Å².